The van der Waals surface area contributed by atoms with Gasteiger partial charge in [-0.15, -0.1) is 0 Å². The van der Waals surface area contributed by atoms with E-state index in [1.165, 1.54) is 12.1 Å². The van der Waals surface area contributed by atoms with Crippen LogP contribution in [0.2, 0.25) is 0 Å². The SMILES string of the molecule is Cc1cc(F)ccc1C1(O)CCSC1C. The quantitative estimate of drug-likeness (QED) is 0.794. The lowest BCUT2D eigenvalue weighted by Crippen LogP contribution is -2.32. The van der Waals surface area contributed by atoms with Crippen molar-refractivity contribution in [1.82, 2.24) is 0 Å². The Morgan fingerprint density at radius 3 is 2.80 bits per heavy atom. The van der Waals surface area contributed by atoms with Gasteiger partial charge in [-0.05, 0) is 42.4 Å². The fourth-order valence-corrected chi connectivity index (χ4v) is 3.50. The highest BCUT2D eigenvalue weighted by atomic mass is 32.2. The van der Waals surface area contributed by atoms with Crippen molar-refractivity contribution < 1.29 is 9.50 Å². The molecular formula is C12H15FOS. The van der Waals surface area contributed by atoms with Crippen molar-refractivity contribution in [3.8, 4) is 0 Å². The van der Waals surface area contributed by atoms with Crippen LogP contribution in [0.25, 0.3) is 0 Å². The van der Waals surface area contributed by atoms with Gasteiger partial charge in [0, 0.05) is 5.25 Å². The second-order valence-corrected chi connectivity index (χ2v) is 5.60. The summed E-state index contributed by atoms with van der Waals surface area (Å²) in [4.78, 5) is 0. The van der Waals surface area contributed by atoms with E-state index < -0.39 is 5.60 Å². The minimum absolute atomic E-state index is 0.182. The van der Waals surface area contributed by atoms with Gasteiger partial charge in [-0.2, -0.15) is 11.8 Å². The fourth-order valence-electron chi connectivity index (χ4n) is 2.20. The molecule has 0 aromatic heterocycles. The maximum atomic E-state index is 13.0. The molecule has 0 amide bonds. The first kappa shape index (κ1) is 11.0. The van der Waals surface area contributed by atoms with Gasteiger partial charge in [0.1, 0.15) is 11.4 Å². The fraction of sp³-hybridized carbons (Fsp3) is 0.500. The van der Waals surface area contributed by atoms with Gasteiger partial charge in [-0.25, -0.2) is 4.39 Å². The standard InChI is InChI=1S/C12H15FOS/c1-8-7-10(13)3-4-11(8)12(14)5-6-15-9(12)2/h3-4,7,9,14H,5-6H2,1-2H3. The average Bonchev–Trinajstić information content (AvgIpc) is 2.47. The molecule has 3 heteroatoms. The average molecular weight is 226 g/mol. The molecule has 0 aliphatic carbocycles. The van der Waals surface area contributed by atoms with E-state index in [1.807, 2.05) is 13.8 Å². The number of thioether (sulfide) groups is 1. The lowest BCUT2D eigenvalue weighted by Gasteiger charge is -2.29. The molecule has 1 nitrogen and oxygen atoms in total. The van der Waals surface area contributed by atoms with Crippen LogP contribution in [0.4, 0.5) is 4.39 Å². The van der Waals surface area contributed by atoms with Crippen molar-refractivity contribution in [1.29, 1.82) is 0 Å². The first-order valence-corrected chi connectivity index (χ1v) is 6.19. The van der Waals surface area contributed by atoms with Crippen molar-refractivity contribution in [3.63, 3.8) is 0 Å². The van der Waals surface area contributed by atoms with Crippen LogP contribution in [-0.2, 0) is 5.60 Å². The molecule has 0 radical (unpaired) electrons. The molecule has 2 unspecified atom stereocenters. The van der Waals surface area contributed by atoms with Gasteiger partial charge in [0.2, 0.25) is 0 Å². The summed E-state index contributed by atoms with van der Waals surface area (Å²) in [7, 11) is 0. The minimum atomic E-state index is -0.775. The number of halogens is 1. The number of rotatable bonds is 1. The van der Waals surface area contributed by atoms with Gasteiger partial charge in [0.05, 0.1) is 0 Å². The van der Waals surface area contributed by atoms with Crippen LogP contribution in [0.5, 0.6) is 0 Å². The molecule has 1 aromatic rings. The second kappa shape index (κ2) is 3.80. The molecule has 0 bridgehead atoms. The van der Waals surface area contributed by atoms with E-state index in [0.29, 0.717) is 0 Å². The molecule has 1 N–H and O–H groups in total. The molecule has 82 valence electrons. The van der Waals surface area contributed by atoms with Gasteiger partial charge in [-0.3, -0.25) is 0 Å². The summed E-state index contributed by atoms with van der Waals surface area (Å²) in [5, 5.41) is 10.7. The Morgan fingerprint density at radius 2 is 2.27 bits per heavy atom. The summed E-state index contributed by atoms with van der Waals surface area (Å²) < 4.78 is 13.0. The van der Waals surface area contributed by atoms with E-state index in [1.54, 1.807) is 17.8 Å². The van der Waals surface area contributed by atoms with Crippen molar-refractivity contribution in [2.75, 3.05) is 5.75 Å². The largest absolute Gasteiger partial charge is 0.384 e. The highest BCUT2D eigenvalue weighted by Crippen LogP contribution is 2.44. The summed E-state index contributed by atoms with van der Waals surface area (Å²) in [5.41, 5.74) is 0.941. The summed E-state index contributed by atoms with van der Waals surface area (Å²) in [6.45, 7) is 3.88. The predicted octanol–water partition coefficient (Wildman–Crippen LogP) is 2.85. The van der Waals surface area contributed by atoms with Crippen molar-refractivity contribution in [2.45, 2.75) is 31.1 Å². The van der Waals surface area contributed by atoms with Crippen molar-refractivity contribution >= 4 is 11.8 Å². The Labute approximate surface area is 93.7 Å². The maximum Gasteiger partial charge on any atom is 0.123 e. The van der Waals surface area contributed by atoms with E-state index >= 15 is 0 Å². The Kier molecular flexibility index (Phi) is 2.77. The predicted molar refractivity (Wildman–Crippen MR) is 61.6 cm³/mol. The van der Waals surface area contributed by atoms with Crippen LogP contribution in [0, 0.1) is 12.7 Å². The van der Waals surface area contributed by atoms with Crippen LogP contribution in [-0.4, -0.2) is 16.1 Å². The molecule has 2 rings (SSSR count). The lowest BCUT2D eigenvalue weighted by molar-refractivity contribution is 0.0420. The van der Waals surface area contributed by atoms with Crippen LogP contribution in [0.15, 0.2) is 18.2 Å². The minimum Gasteiger partial charge on any atom is -0.384 e. The molecule has 1 aromatic carbocycles. The van der Waals surface area contributed by atoms with Gasteiger partial charge < -0.3 is 5.11 Å². The van der Waals surface area contributed by atoms with Gasteiger partial charge in [-0.1, -0.05) is 13.0 Å². The van der Waals surface area contributed by atoms with Gasteiger partial charge >= 0.3 is 0 Å². The number of hydrogen-bond acceptors (Lipinski definition) is 2. The van der Waals surface area contributed by atoms with E-state index in [2.05, 4.69) is 0 Å². The number of aryl methyl sites for hydroxylation is 1. The highest BCUT2D eigenvalue weighted by molar-refractivity contribution is 8.00. The molecule has 1 fully saturated rings. The third-order valence-corrected chi connectivity index (χ3v) is 4.51. The summed E-state index contributed by atoms with van der Waals surface area (Å²) in [6.07, 6.45) is 0.755. The molecular weight excluding hydrogens is 211 g/mol. The lowest BCUT2D eigenvalue weighted by atomic mass is 9.86. The van der Waals surface area contributed by atoms with Gasteiger partial charge in [0.25, 0.3) is 0 Å². The molecule has 1 saturated heterocycles. The normalized spacial score (nSPS) is 30.8. The zero-order chi connectivity index (χ0) is 11.1. The molecule has 0 saturated carbocycles. The Bertz CT molecular complexity index is 380. The third kappa shape index (κ3) is 1.79. The topological polar surface area (TPSA) is 20.2 Å². The zero-order valence-corrected chi connectivity index (χ0v) is 9.77. The number of hydrogen-bond donors (Lipinski definition) is 1. The Morgan fingerprint density at radius 1 is 1.53 bits per heavy atom. The third-order valence-electron chi connectivity index (χ3n) is 3.18. The summed E-state index contributed by atoms with van der Waals surface area (Å²) >= 11 is 1.77. The Hall–Kier alpha value is -0.540. The first-order chi connectivity index (χ1) is 7.04. The number of benzene rings is 1. The van der Waals surface area contributed by atoms with E-state index in [0.717, 1.165) is 23.3 Å². The summed E-state index contributed by atoms with van der Waals surface area (Å²) in [5.74, 6) is 0.729. The number of aliphatic hydroxyl groups is 1. The van der Waals surface area contributed by atoms with E-state index in [4.69, 9.17) is 0 Å². The maximum absolute atomic E-state index is 13.0. The smallest absolute Gasteiger partial charge is 0.123 e. The second-order valence-electron chi connectivity index (χ2n) is 4.15. The zero-order valence-electron chi connectivity index (χ0n) is 8.96. The molecule has 1 aliphatic rings. The Balaban J connectivity index is 2.44. The summed E-state index contributed by atoms with van der Waals surface area (Å²) in [6, 6.07) is 4.63. The van der Waals surface area contributed by atoms with Crippen molar-refractivity contribution in [2.24, 2.45) is 0 Å². The molecule has 1 heterocycles. The molecule has 15 heavy (non-hydrogen) atoms. The molecule has 1 aliphatic heterocycles. The molecule has 0 spiro atoms. The van der Waals surface area contributed by atoms with Crippen LogP contribution < -0.4 is 0 Å². The van der Waals surface area contributed by atoms with Gasteiger partial charge in [0.15, 0.2) is 0 Å². The van der Waals surface area contributed by atoms with Crippen LogP contribution in [0.3, 0.4) is 0 Å². The first-order valence-electron chi connectivity index (χ1n) is 5.14. The van der Waals surface area contributed by atoms with Crippen LogP contribution in [0.1, 0.15) is 24.5 Å². The molecule has 2 atom stereocenters. The van der Waals surface area contributed by atoms with Crippen LogP contribution >= 0.6 is 11.8 Å². The van der Waals surface area contributed by atoms with E-state index in [9.17, 15) is 9.50 Å². The monoisotopic (exact) mass is 226 g/mol. The van der Waals surface area contributed by atoms with Crippen molar-refractivity contribution in [3.05, 3.63) is 35.1 Å². The van der Waals surface area contributed by atoms with E-state index in [-0.39, 0.29) is 11.1 Å². The highest BCUT2D eigenvalue weighted by Gasteiger charge is 2.41.